The smallest absolute Gasteiger partial charge is 0.123 e. The van der Waals surface area contributed by atoms with Gasteiger partial charge in [0.1, 0.15) is 5.82 Å². The normalized spacial score (nSPS) is 33.6. The highest BCUT2D eigenvalue weighted by molar-refractivity contribution is 5.21. The van der Waals surface area contributed by atoms with Gasteiger partial charge in [-0.15, -0.1) is 0 Å². The summed E-state index contributed by atoms with van der Waals surface area (Å²) in [6.07, 6.45) is 4.68. The average molecular weight is 248 g/mol. The second-order valence-corrected chi connectivity index (χ2v) is 5.79. The molecule has 0 aromatic heterocycles. The maximum atomic E-state index is 13.3. The summed E-state index contributed by atoms with van der Waals surface area (Å²) in [7, 11) is 0. The van der Waals surface area contributed by atoms with Crippen LogP contribution in [0.3, 0.4) is 0 Å². The molecule has 3 heteroatoms. The molecule has 0 aliphatic carbocycles. The second-order valence-electron chi connectivity index (χ2n) is 5.79. The Balaban J connectivity index is 1.83. The van der Waals surface area contributed by atoms with Crippen LogP contribution in [0.25, 0.3) is 0 Å². The molecule has 2 saturated heterocycles. The summed E-state index contributed by atoms with van der Waals surface area (Å²) in [5, 5.41) is 0. The van der Waals surface area contributed by atoms with Gasteiger partial charge < -0.3 is 5.73 Å². The van der Waals surface area contributed by atoms with Crippen molar-refractivity contribution >= 4 is 0 Å². The summed E-state index contributed by atoms with van der Waals surface area (Å²) in [6.45, 7) is 2.19. The van der Waals surface area contributed by atoms with E-state index in [4.69, 9.17) is 5.73 Å². The van der Waals surface area contributed by atoms with E-state index in [0.717, 1.165) is 18.4 Å². The maximum absolute atomic E-state index is 13.3. The molecule has 0 radical (unpaired) electrons. The van der Waals surface area contributed by atoms with Crippen LogP contribution in [-0.4, -0.2) is 23.0 Å². The lowest BCUT2D eigenvalue weighted by Gasteiger charge is -2.41. The van der Waals surface area contributed by atoms with E-state index >= 15 is 0 Å². The highest BCUT2D eigenvalue weighted by Crippen LogP contribution is 2.40. The fourth-order valence-corrected chi connectivity index (χ4v) is 3.83. The first kappa shape index (κ1) is 12.1. The minimum atomic E-state index is -0.139. The van der Waals surface area contributed by atoms with E-state index in [9.17, 15) is 4.39 Å². The fourth-order valence-electron chi connectivity index (χ4n) is 3.83. The predicted octanol–water partition coefficient (Wildman–Crippen LogP) is 2.84. The first-order valence-corrected chi connectivity index (χ1v) is 6.93. The lowest BCUT2D eigenvalue weighted by Crippen LogP contribution is -2.48. The highest BCUT2D eigenvalue weighted by atomic mass is 19.1. The van der Waals surface area contributed by atoms with E-state index in [2.05, 4.69) is 11.8 Å². The van der Waals surface area contributed by atoms with Gasteiger partial charge in [0.2, 0.25) is 0 Å². The Labute approximate surface area is 108 Å². The molecule has 3 rings (SSSR count). The summed E-state index contributed by atoms with van der Waals surface area (Å²) in [5.41, 5.74) is 7.18. The number of hydrogen-bond acceptors (Lipinski definition) is 2. The fraction of sp³-hybridized carbons (Fsp3) is 0.600. The summed E-state index contributed by atoms with van der Waals surface area (Å²) in [4.78, 5) is 2.57. The third kappa shape index (κ3) is 2.06. The van der Waals surface area contributed by atoms with Gasteiger partial charge in [-0.05, 0) is 50.3 Å². The molecular formula is C15H21FN2. The molecule has 98 valence electrons. The molecule has 2 aliphatic heterocycles. The number of benzene rings is 1. The minimum absolute atomic E-state index is 0.139. The zero-order valence-electron chi connectivity index (χ0n) is 10.8. The number of nitrogens with two attached hydrogens (primary N) is 1. The maximum Gasteiger partial charge on any atom is 0.123 e. The van der Waals surface area contributed by atoms with Gasteiger partial charge >= 0.3 is 0 Å². The Morgan fingerprint density at radius 2 is 1.94 bits per heavy atom. The van der Waals surface area contributed by atoms with Crippen LogP contribution in [0.15, 0.2) is 24.3 Å². The van der Waals surface area contributed by atoms with Crippen LogP contribution in [0.1, 0.15) is 44.2 Å². The van der Waals surface area contributed by atoms with Crippen molar-refractivity contribution in [3.8, 4) is 0 Å². The molecule has 18 heavy (non-hydrogen) atoms. The van der Waals surface area contributed by atoms with Gasteiger partial charge in [0.05, 0.1) is 0 Å². The monoisotopic (exact) mass is 248 g/mol. The number of hydrogen-bond donors (Lipinski definition) is 1. The molecular weight excluding hydrogens is 227 g/mol. The number of rotatable bonds is 2. The predicted molar refractivity (Wildman–Crippen MR) is 70.7 cm³/mol. The lowest BCUT2D eigenvalue weighted by atomic mass is 9.94. The standard InChI is InChI=1S/C15H21FN2/c1-10(11-3-2-4-12(16)7-11)18-14-5-6-15(18)9-13(17)8-14/h2-4,7,10,13-15H,5-6,8-9,17H2,1H3. The number of halogens is 1. The number of fused-ring (bicyclic) bond motifs is 2. The van der Waals surface area contributed by atoms with Crippen molar-refractivity contribution in [3.05, 3.63) is 35.6 Å². The molecule has 2 bridgehead atoms. The average Bonchev–Trinajstić information content (AvgIpc) is 2.61. The van der Waals surface area contributed by atoms with E-state index in [1.54, 1.807) is 12.1 Å². The van der Waals surface area contributed by atoms with E-state index < -0.39 is 0 Å². The van der Waals surface area contributed by atoms with Crippen LogP contribution in [0.2, 0.25) is 0 Å². The van der Waals surface area contributed by atoms with Gasteiger partial charge in [0, 0.05) is 24.2 Å². The molecule has 2 N–H and O–H groups in total. The van der Waals surface area contributed by atoms with Gasteiger partial charge in [-0.25, -0.2) is 4.39 Å². The zero-order valence-corrected chi connectivity index (χ0v) is 10.8. The molecule has 0 spiro atoms. The Morgan fingerprint density at radius 1 is 1.28 bits per heavy atom. The van der Waals surface area contributed by atoms with E-state index in [1.165, 1.54) is 18.9 Å². The first-order chi connectivity index (χ1) is 8.65. The van der Waals surface area contributed by atoms with Crippen molar-refractivity contribution in [1.29, 1.82) is 0 Å². The summed E-state index contributed by atoms with van der Waals surface area (Å²) < 4.78 is 13.3. The van der Waals surface area contributed by atoms with Gasteiger partial charge in [-0.2, -0.15) is 0 Å². The van der Waals surface area contributed by atoms with Gasteiger partial charge in [0.25, 0.3) is 0 Å². The van der Waals surface area contributed by atoms with Crippen LogP contribution >= 0.6 is 0 Å². The molecule has 3 atom stereocenters. The highest BCUT2D eigenvalue weighted by Gasteiger charge is 2.41. The van der Waals surface area contributed by atoms with Crippen molar-refractivity contribution < 1.29 is 4.39 Å². The summed E-state index contributed by atoms with van der Waals surface area (Å²) in [6, 6.07) is 8.86. The van der Waals surface area contributed by atoms with E-state index in [-0.39, 0.29) is 5.82 Å². The Bertz CT molecular complexity index is 420. The number of piperidine rings is 1. The Morgan fingerprint density at radius 3 is 2.56 bits per heavy atom. The first-order valence-electron chi connectivity index (χ1n) is 6.93. The van der Waals surface area contributed by atoms with E-state index in [0.29, 0.717) is 24.2 Å². The SMILES string of the molecule is CC(c1cccc(F)c1)N1C2CCC1CC(N)C2. The molecule has 2 heterocycles. The van der Waals surface area contributed by atoms with Crippen LogP contribution in [0.4, 0.5) is 4.39 Å². The van der Waals surface area contributed by atoms with Gasteiger partial charge in [-0.3, -0.25) is 4.90 Å². The second kappa shape index (κ2) is 4.63. The molecule has 1 aromatic rings. The lowest BCUT2D eigenvalue weighted by molar-refractivity contribution is 0.0852. The zero-order chi connectivity index (χ0) is 12.7. The van der Waals surface area contributed by atoms with Crippen molar-refractivity contribution in [1.82, 2.24) is 4.90 Å². The van der Waals surface area contributed by atoms with E-state index in [1.807, 2.05) is 6.07 Å². The van der Waals surface area contributed by atoms with Crippen LogP contribution < -0.4 is 5.73 Å². The van der Waals surface area contributed by atoms with Crippen LogP contribution in [0, 0.1) is 5.82 Å². The molecule has 2 fully saturated rings. The molecule has 2 nitrogen and oxygen atoms in total. The Kier molecular flexibility index (Phi) is 3.12. The van der Waals surface area contributed by atoms with Crippen LogP contribution in [-0.2, 0) is 0 Å². The van der Waals surface area contributed by atoms with Crippen LogP contribution in [0.5, 0.6) is 0 Å². The summed E-state index contributed by atoms with van der Waals surface area (Å²) >= 11 is 0. The summed E-state index contributed by atoms with van der Waals surface area (Å²) in [5.74, 6) is -0.139. The van der Waals surface area contributed by atoms with Gasteiger partial charge in [0.15, 0.2) is 0 Å². The molecule has 0 saturated carbocycles. The molecule has 0 amide bonds. The minimum Gasteiger partial charge on any atom is -0.328 e. The quantitative estimate of drug-likeness (QED) is 0.872. The van der Waals surface area contributed by atoms with Crippen molar-refractivity contribution in [3.63, 3.8) is 0 Å². The van der Waals surface area contributed by atoms with Crippen molar-refractivity contribution in [2.24, 2.45) is 5.73 Å². The van der Waals surface area contributed by atoms with Gasteiger partial charge in [-0.1, -0.05) is 12.1 Å². The molecule has 1 aromatic carbocycles. The Hall–Kier alpha value is -0.930. The third-order valence-electron chi connectivity index (χ3n) is 4.60. The van der Waals surface area contributed by atoms with Crippen molar-refractivity contribution in [2.75, 3.05) is 0 Å². The number of nitrogens with zero attached hydrogens (tertiary/aromatic N) is 1. The largest absolute Gasteiger partial charge is 0.328 e. The third-order valence-corrected chi connectivity index (χ3v) is 4.60. The molecule has 2 aliphatic rings. The topological polar surface area (TPSA) is 29.3 Å². The molecule has 3 unspecified atom stereocenters. The van der Waals surface area contributed by atoms with Crippen molar-refractivity contribution in [2.45, 2.75) is 56.8 Å².